The van der Waals surface area contributed by atoms with Gasteiger partial charge in [0.05, 0.1) is 19.3 Å². The highest BCUT2D eigenvalue weighted by Crippen LogP contribution is 2.30. The van der Waals surface area contributed by atoms with Crippen LogP contribution in [0.4, 0.5) is 0 Å². The van der Waals surface area contributed by atoms with E-state index in [2.05, 4.69) is 27.3 Å². The number of nitrogens with one attached hydrogen (secondary N) is 1. The smallest absolute Gasteiger partial charge is 0.193 e. The van der Waals surface area contributed by atoms with Crippen molar-refractivity contribution in [3.63, 3.8) is 0 Å². The molecule has 2 aliphatic heterocycles. The molecule has 2 aliphatic rings. The Labute approximate surface area is 168 Å². The van der Waals surface area contributed by atoms with E-state index in [0.717, 1.165) is 75.0 Å². The standard InChI is InChI=1S/C21H33N3O4/c1-22-21(24-9-7-18(8-10-24)26-12-3-11-25-2)23-16-17-5-6-19-20(15-17)28-14-4-13-27-19/h5-6,15,18H,3-4,7-14,16H2,1-2H3,(H,22,23). The minimum atomic E-state index is 0.341. The molecule has 1 N–H and O–H groups in total. The number of hydrogen-bond acceptors (Lipinski definition) is 5. The molecule has 0 aromatic heterocycles. The fourth-order valence-corrected chi connectivity index (χ4v) is 3.52. The fraction of sp³-hybridized carbons (Fsp3) is 0.667. The van der Waals surface area contributed by atoms with Crippen LogP contribution in [0.25, 0.3) is 0 Å². The van der Waals surface area contributed by atoms with Crippen LogP contribution < -0.4 is 14.8 Å². The summed E-state index contributed by atoms with van der Waals surface area (Å²) in [6.45, 7) is 5.56. The molecular formula is C21H33N3O4. The highest BCUT2D eigenvalue weighted by molar-refractivity contribution is 5.80. The van der Waals surface area contributed by atoms with Crippen LogP contribution in [0.3, 0.4) is 0 Å². The van der Waals surface area contributed by atoms with E-state index in [-0.39, 0.29) is 0 Å². The Morgan fingerprint density at radius 2 is 1.96 bits per heavy atom. The van der Waals surface area contributed by atoms with Crippen LogP contribution in [-0.2, 0) is 16.0 Å². The highest BCUT2D eigenvalue weighted by atomic mass is 16.5. The number of likely N-dealkylation sites (tertiary alicyclic amines) is 1. The van der Waals surface area contributed by atoms with Gasteiger partial charge in [0, 0.05) is 53.4 Å². The van der Waals surface area contributed by atoms with Gasteiger partial charge in [-0.1, -0.05) is 6.07 Å². The summed E-state index contributed by atoms with van der Waals surface area (Å²) in [6.07, 6.45) is 4.26. The van der Waals surface area contributed by atoms with Gasteiger partial charge < -0.3 is 29.2 Å². The predicted octanol–water partition coefficient (Wildman–Crippen LogP) is 2.44. The van der Waals surface area contributed by atoms with E-state index in [4.69, 9.17) is 18.9 Å². The van der Waals surface area contributed by atoms with Gasteiger partial charge >= 0.3 is 0 Å². The van der Waals surface area contributed by atoms with Crippen molar-refractivity contribution in [3.05, 3.63) is 23.8 Å². The maximum Gasteiger partial charge on any atom is 0.193 e. The maximum atomic E-state index is 5.95. The monoisotopic (exact) mass is 391 g/mol. The maximum absolute atomic E-state index is 5.95. The number of rotatable bonds is 7. The Hall–Kier alpha value is -1.99. The zero-order chi connectivity index (χ0) is 19.6. The summed E-state index contributed by atoms with van der Waals surface area (Å²) in [6, 6.07) is 6.13. The van der Waals surface area contributed by atoms with Gasteiger partial charge in [-0.15, -0.1) is 0 Å². The highest BCUT2D eigenvalue weighted by Gasteiger charge is 2.22. The molecule has 0 atom stereocenters. The van der Waals surface area contributed by atoms with E-state index in [9.17, 15) is 0 Å². The van der Waals surface area contributed by atoms with Crippen molar-refractivity contribution < 1.29 is 18.9 Å². The second-order valence-electron chi connectivity index (χ2n) is 7.14. The van der Waals surface area contributed by atoms with Crippen molar-refractivity contribution in [1.29, 1.82) is 0 Å². The first-order valence-corrected chi connectivity index (χ1v) is 10.2. The Morgan fingerprint density at radius 3 is 2.71 bits per heavy atom. The molecule has 1 fully saturated rings. The molecule has 0 saturated carbocycles. The SMILES string of the molecule is CN=C(NCc1ccc2c(c1)OCCCO2)N1CCC(OCCCOC)CC1. The number of piperidine rings is 1. The quantitative estimate of drug-likeness (QED) is 0.438. The van der Waals surface area contributed by atoms with Gasteiger partial charge in [-0.25, -0.2) is 0 Å². The third-order valence-corrected chi connectivity index (χ3v) is 5.06. The predicted molar refractivity (Wildman–Crippen MR) is 109 cm³/mol. The Balaban J connectivity index is 1.44. The second-order valence-corrected chi connectivity index (χ2v) is 7.14. The zero-order valence-electron chi connectivity index (χ0n) is 17.1. The summed E-state index contributed by atoms with van der Waals surface area (Å²) in [7, 11) is 3.56. The summed E-state index contributed by atoms with van der Waals surface area (Å²) in [5.74, 6) is 2.60. The van der Waals surface area contributed by atoms with Crippen molar-refractivity contribution in [3.8, 4) is 11.5 Å². The van der Waals surface area contributed by atoms with E-state index in [1.165, 1.54) is 0 Å². The zero-order valence-corrected chi connectivity index (χ0v) is 17.1. The van der Waals surface area contributed by atoms with E-state index >= 15 is 0 Å². The van der Waals surface area contributed by atoms with Crippen LogP contribution in [0, 0.1) is 0 Å². The van der Waals surface area contributed by atoms with E-state index in [1.807, 2.05) is 13.1 Å². The first-order chi connectivity index (χ1) is 13.8. The molecule has 1 saturated heterocycles. The average Bonchev–Trinajstić information content (AvgIpc) is 2.97. The molecule has 1 aromatic rings. The topological polar surface area (TPSA) is 64.6 Å². The number of guanidine groups is 1. The van der Waals surface area contributed by atoms with E-state index < -0.39 is 0 Å². The molecule has 0 amide bonds. The van der Waals surface area contributed by atoms with Crippen molar-refractivity contribution >= 4 is 5.96 Å². The molecule has 7 heteroatoms. The molecule has 28 heavy (non-hydrogen) atoms. The first-order valence-electron chi connectivity index (χ1n) is 10.2. The number of nitrogens with zero attached hydrogens (tertiary/aromatic N) is 2. The summed E-state index contributed by atoms with van der Waals surface area (Å²) >= 11 is 0. The van der Waals surface area contributed by atoms with E-state index in [1.54, 1.807) is 7.11 Å². The lowest BCUT2D eigenvalue weighted by molar-refractivity contribution is 0.00989. The molecular weight excluding hydrogens is 358 g/mol. The van der Waals surface area contributed by atoms with Crippen molar-refractivity contribution in [2.45, 2.75) is 38.3 Å². The van der Waals surface area contributed by atoms with Gasteiger partial charge in [0.15, 0.2) is 17.5 Å². The molecule has 0 unspecified atom stereocenters. The first kappa shape index (κ1) is 20.7. The molecule has 3 rings (SSSR count). The number of methoxy groups -OCH3 is 1. The molecule has 0 spiro atoms. The fourth-order valence-electron chi connectivity index (χ4n) is 3.52. The summed E-state index contributed by atoms with van der Waals surface area (Å²) in [5, 5.41) is 3.47. The van der Waals surface area contributed by atoms with Crippen LogP contribution in [0.15, 0.2) is 23.2 Å². The van der Waals surface area contributed by atoms with Gasteiger partial charge in [0.2, 0.25) is 0 Å². The third-order valence-electron chi connectivity index (χ3n) is 5.06. The van der Waals surface area contributed by atoms with Gasteiger partial charge in [-0.3, -0.25) is 4.99 Å². The number of ether oxygens (including phenoxy) is 4. The lowest BCUT2D eigenvalue weighted by Gasteiger charge is -2.34. The molecule has 0 aliphatic carbocycles. The molecule has 0 radical (unpaired) electrons. The number of hydrogen-bond donors (Lipinski definition) is 1. The van der Waals surface area contributed by atoms with Crippen molar-refractivity contribution in [1.82, 2.24) is 10.2 Å². The molecule has 7 nitrogen and oxygen atoms in total. The van der Waals surface area contributed by atoms with Gasteiger partial charge in [0.1, 0.15) is 0 Å². The largest absolute Gasteiger partial charge is 0.490 e. The minimum Gasteiger partial charge on any atom is -0.490 e. The molecule has 2 heterocycles. The van der Waals surface area contributed by atoms with Gasteiger partial charge in [-0.2, -0.15) is 0 Å². The Kier molecular flexibility index (Phi) is 8.23. The van der Waals surface area contributed by atoms with Gasteiger partial charge in [0.25, 0.3) is 0 Å². The summed E-state index contributed by atoms with van der Waals surface area (Å²) < 4.78 is 22.5. The minimum absolute atomic E-state index is 0.341. The van der Waals surface area contributed by atoms with Crippen LogP contribution in [0.1, 0.15) is 31.2 Å². The number of fused-ring (bicyclic) bond motifs is 1. The van der Waals surface area contributed by atoms with Crippen LogP contribution in [0.5, 0.6) is 11.5 Å². The lowest BCUT2D eigenvalue weighted by Crippen LogP contribution is -2.46. The molecule has 0 bridgehead atoms. The third kappa shape index (κ3) is 6.01. The number of benzene rings is 1. The average molecular weight is 392 g/mol. The van der Waals surface area contributed by atoms with Crippen LogP contribution >= 0.6 is 0 Å². The van der Waals surface area contributed by atoms with Crippen LogP contribution in [-0.4, -0.2) is 70.6 Å². The molecule has 1 aromatic carbocycles. The van der Waals surface area contributed by atoms with E-state index in [0.29, 0.717) is 25.9 Å². The number of aliphatic imine (C=N–C) groups is 1. The van der Waals surface area contributed by atoms with Gasteiger partial charge in [-0.05, 0) is 37.0 Å². The molecule has 156 valence electrons. The van der Waals surface area contributed by atoms with Crippen LogP contribution in [0.2, 0.25) is 0 Å². The summed E-state index contributed by atoms with van der Waals surface area (Å²) in [4.78, 5) is 6.76. The van der Waals surface area contributed by atoms with Crippen molar-refractivity contribution in [2.24, 2.45) is 4.99 Å². The Bertz CT molecular complexity index is 630. The lowest BCUT2D eigenvalue weighted by atomic mass is 10.1. The Morgan fingerprint density at radius 1 is 1.18 bits per heavy atom. The normalized spacial score (nSPS) is 18.1. The second kappa shape index (κ2) is 11.1. The summed E-state index contributed by atoms with van der Waals surface area (Å²) in [5.41, 5.74) is 1.15. The van der Waals surface area contributed by atoms with Crippen molar-refractivity contribution in [2.75, 3.05) is 53.7 Å².